The third-order valence-corrected chi connectivity index (χ3v) is 8.06. The summed E-state index contributed by atoms with van der Waals surface area (Å²) in [5.41, 5.74) is 9.26. The molecule has 1 aliphatic carbocycles. The lowest BCUT2D eigenvalue weighted by Gasteiger charge is -2.17. The van der Waals surface area contributed by atoms with Crippen LogP contribution in [0.2, 0.25) is 0 Å². The van der Waals surface area contributed by atoms with Crippen LogP contribution in [0.15, 0.2) is 6.07 Å². The second kappa shape index (κ2) is 11.6. The van der Waals surface area contributed by atoms with Crippen molar-refractivity contribution in [1.29, 1.82) is 0 Å². The standard InChI is InChI=1S/C28H49NO2/c1-19(2)9-7-10-20(3)11-8-12-25(29)14-13-24-18-28(24,6)16-15-23-17-26(30)21(4)22(5)27(23)31/h17,19-20,24-25,30-31H,7-16,18,29H2,1-6H3/t20-,24?,25-,28?/m1/s1. The Labute approximate surface area is 191 Å². The molecule has 0 aliphatic heterocycles. The maximum Gasteiger partial charge on any atom is 0.122 e. The van der Waals surface area contributed by atoms with Crippen LogP contribution < -0.4 is 5.73 Å². The highest BCUT2D eigenvalue weighted by Gasteiger charge is 2.48. The molecule has 2 rings (SSSR count). The van der Waals surface area contributed by atoms with Crippen molar-refractivity contribution in [3.05, 3.63) is 22.8 Å². The molecule has 0 aromatic heterocycles. The average molecular weight is 432 g/mol. The van der Waals surface area contributed by atoms with Crippen molar-refractivity contribution in [2.75, 3.05) is 0 Å². The van der Waals surface area contributed by atoms with Gasteiger partial charge in [0.05, 0.1) is 0 Å². The highest BCUT2D eigenvalue weighted by molar-refractivity contribution is 5.51. The van der Waals surface area contributed by atoms with Crippen LogP contribution in [0, 0.1) is 37.0 Å². The van der Waals surface area contributed by atoms with E-state index in [2.05, 4.69) is 27.7 Å². The fraction of sp³-hybridized carbons (Fsp3) is 0.786. The van der Waals surface area contributed by atoms with Gasteiger partial charge in [-0.25, -0.2) is 0 Å². The molecule has 0 spiro atoms. The van der Waals surface area contributed by atoms with Gasteiger partial charge in [0.2, 0.25) is 0 Å². The fourth-order valence-corrected chi connectivity index (χ4v) is 5.13. The van der Waals surface area contributed by atoms with Gasteiger partial charge in [0.25, 0.3) is 0 Å². The molecule has 1 aromatic carbocycles. The van der Waals surface area contributed by atoms with Crippen molar-refractivity contribution in [1.82, 2.24) is 0 Å². The lowest BCUT2D eigenvalue weighted by Crippen LogP contribution is -2.20. The number of aryl methyl sites for hydroxylation is 1. The molecule has 3 heteroatoms. The molecule has 0 saturated heterocycles. The Hall–Kier alpha value is -1.22. The molecule has 1 fully saturated rings. The van der Waals surface area contributed by atoms with E-state index in [-0.39, 0.29) is 0 Å². The number of rotatable bonds is 14. The molecule has 178 valence electrons. The normalized spacial score (nSPS) is 22.6. The minimum absolute atomic E-state index is 0.294. The first kappa shape index (κ1) is 26.0. The molecule has 1 aliphatic rings. The van der Waals surface area contributed by atoms with Crippen LogP contribution in [0.1, 0.15) is 109 Å². The lowest BCUT2D eigenvalue weighted by atomic mass is 9.91. The molecule has 2 unspecified atom stereocenters. The largest absolute Gasteiger partial charge is 0.508 e. The minimum atomic E-state index is 0.294. The second-order valence-electron chi connectivity index (χ2n) is 11.4. The van der Waals surface area contributed by atoms with E-state index in [1.165, 1.54) is 44.9 Å². The Morgan fingerprint density at radius 3 is 2.29 bits per heavy atom. The maximum absolute atomic E-state index is 10.4. The number of hydrogen-bond acceptors (Lipinski definition) is 3. The summed E-state index contributed by atoms with van der Waals surface area (Å²) in [6, 6.07) is 2.09. The predicted octanol–water partition coefficient (Wildman–Crippen LogP) is 7.41. The summed E-state index contributed by atoms with van der Waals surface area (Å²) in [6.45, 7) is 13.1. The molecule has 0 amide bonds. The van der Waals surface area contributed by atoms with Crippen LogP contribution in [-0.4, -0.2) is 16.3 Å². The summed E-state index contributed by atoms with van der Waals surface area (Å²) < 4.78 is 0. The number of hydrogen-bond donors (Lipinski definition) is 3. The van der Waals surface area contributed by atoms with Crippen molar-refractivity contribution in [3.63, 3.8) is 0 Å². The third-order valence-electron chi connectivity index (χ3n) is 8.06. The van der Waals surface area contributed by atoms with E-state index < -0.39 is 0 Å². The van der Waals surface area contributed by atoms with Crippen molar-refractivity contribution >= 4 is 0 Å². The van der Waals surface area contributed by atoms with Gasteiger partial charge in [0.1, 0.15) is 11.5 Å². The topological polar surface area (TPSA) is 66.5 Å². The Kier molecular flexibility index (Phi) is 9.73. The number of benzene rings is 1. The van der Waals surface area contributed by atoms with E-state index in [1.807, 2.05) is 13.8 Å². The van der Waals surface area contributed by atoms with Crippen LogP contribution >= 0.6 is 0 Å². The van der Waals surface area contributed by atoms with Gasteiger partial charge in [-0.1, -0.05) is 59.8 Å². The van der Waals surface area contributed by atoms with Crippen molar-refractivity contribution in [3.8, 4) is 11.5 Å². The summed E-state index contributed by atoms with van der Waals surface area (Å²) in [4.78, 5) is 0. The molecule has 4 atom stereocenters. The first-order valence-corrected chi connectivity index (χ1v) is 12.8. The van der Waals surface area contributed by atoms with Gasteiger partial charge in [-0.2, -0.15) is 0 Å². The smallest absolute Gasteiger partial charge is 0.122 e. The fourth-order valence-electron chi connectivity index (χ4n) is 5.13. The zero-order valence-corrected chi connectivity index (χ0v) is 21.1. The Morgan fingerprint density at radius 2 is 1.65 bits per heavy atom. The summed E-state index contributed by atoms with van der Waals surface area (Å²) in [6.07, 6.45) is 13.4. The molecule has 0 bridgehead atoms. The number of phenolic OH excluding ortho intramolecular Hbond substituents is 2. The first-order chi connectivity index (χ1) is 14.5. The van der Waals surface area contributed by atoms with Crippen LogP contribution in [0.4, 0.5) is 0 Å². The summed E-state index contributed by atoms with van der Waals surface area (Å²) >= 11 is 0. The van der Waals surface area contributed by atoms with Crippen molar-refractivity contribution in [2.24, 2.45) is 28.9 Å². The Bertz CT molecular complexity index is 699. The quantitative estimate of drug-likeness (QED) is 0.269. The van der Waals surface area contributed by atoms with Gasteiger partial charge in [-0.05, 0) is 98.3 Å². The van der Waals surface area contributed by atoms with E-state index in [0.717, 1.165) is 60.1 Å². The maximum atomic E-state index is 10.4. The molecule has 0 radical (unpaired) electrons. The molecular formula is C28H49NO2. The highest BCUT2D eigenvalue weighted by atomic mass is 16.3. The summed E-state index contributed by atoms with van der Waals surface area (Å²) in [7, 11) is 0. The molecule has 31 heavy (non-hydrogen) atoms. The predicted molar refractivity (Wildman–Crippen MR) is 133 cm³/mol. The van der Waals surface area contributed by atoms with Crippen LogP contribution in [-0.2, 0) is 6.42 Å². The zero-order chi connectivity index (χ0) is 23.2. The van der Waals surface area contributed by atoms with Gasteiger partial charge in [0, 0.05) is 6.04 Å². The van der Waals surface area contributed by atoms with E-state index in [0.29, 0.717) is 23.0 Å². The van der Waals surface area contributed by atoms with Crippen LogP contribution in [0.5, 0.6) is 11.5 Å². The minimum Gasteiger partial charge on any atom is -0.508 e. The Balaban J connectivity index is 1.64. The number of phenols is 2. The summed E-state index contributed by atoms with van der Waals surface area (Å²) in [5.74, 6) is 3.07. The van der Waals surface area contributed by atoms with E-state index in [4.69, 9.17) is 5.73 Å². The van der Waals surface area contributed by atoms with Gasteiger partial charge < -0.3 is 15.9 Å². The molecule has 0 heterocycles. The molecule has 3 nitrogen and oxygen atoms in total. The van der Waals surface area contributed by atoms with Gasteiger partial charge in [-0.3, -0.25) is 0 Å². The molecular weight excluding hydrogens is 382 g/mol. The molecule has 1 aromatic rings. The summed E-state index contributed by atoms with van der Waals surface area (Å²) in [5, 5.41) is 20.5. The van der Waals surface area contributed by atoms with Crippen LogP contribution in [0.25, 0.3) is 0 Å². The van der Waals surface area contributed by atoms with Crippen molar-refractivity contribution in [2.45, 2.75) is 118 Å². The molecule has 1 saturated carbocycles. The zero-order valence-electron chi connectivity index (χ0n) is 21.1. The van der Waals surface area contributed by atoms with Gasteiger partial charge in [0.15, 0.2) is 0 Å². The monoisotopic (exact) mass is 431 g/mol. The first-order valence-electron chi connectivity index (χ1n) is 12.8. The average Bonchev–Trinajstić information content (AvgIpc) is 3.36. The highest BCUT2D eigenvalue weighted by Crippen LogP contribution is 2.58. The lowest BCUT2D eigenvalue weighted by molar-refractivity contribution is 0.393. The van der Waals surface area contributed by atoms with Crippen molar-refractivity contribution < 1.29 is 10.2 Å². The SMILES string of the molecule is Cc1c(O)cc(CCC2(C)CC2CC[C@H](N)CCC[C@H](C)CCCC(C)C)c(O)c1C. The number of aromatic hydroxyl groups is 2. The van der Waals surface area contributed by atoms with E-state index in [1.54, 1.807) is 6.07 Å². The Morgan fingerprint density at radius 1 is 1.00 bits per heavy atom. The van der Waals surface area contributed by atoms with Gasteiger partial charge >= 0.3 is 0 Å². The van der Waals surface area contributed by atoms with E-state index >= 15 is 0 Å². The van der Waals surface area contributed by atoms with Crippen LogP contribution in [0.3, 0.4) is 0 Å². The van der Waals surface area contributed by atoms with E-state index in [9.17, 15) is 10.2 Å². The third kappa shape index (κ3) is 8.00. The molecule has 4 N–H and O–H groups in total. The second-order valence-corrected chi connectivity index (χ2v) is 11.4. The number of nitrogens with two attached hydrogens (primary N) is 1. The van der Waals surface area contributed by atoms with Gasteiger partial charge in [-0.15, -0.1) is 0 Å².